The highest BCUT2D eigenvalue weighted by atomic mass is 79.9. The Morgan fingerprint density at radius 2 is 1.89 bits per heavy atom. The number of alkyl halides is 3. The lowest BCUT2D eigenvalue weighted by molar-refractivity contribution is -0.134. The first-order valence-corrected chi connectivity index (χ1v) is 6.46. The Labute approximate surface area is 112 Å². The normalized spacial score (nSPS) is 11.7. The van der Waals surface area contributed by atoms with Crippen molar-refractivity contribution in [2.75, 3.05) is 12.4 Å². The Balaban J connectivity index is 2.95. The summed E-state index contributed by atoms with van der Waals surface area (Å²) >= 11 is 3.36. The molecule has 1 aromatic rings. The highest BCUT2D eigenvalue weighted by Crippen LogP contribution is 2.26. The number of aromatic nitrogens is 2. The van der Waals surface area contributed by atoms with E-state index in [0.717, 1.165) is 16.6 Å². The van der Waals surface area contributed by atoms with Gasteiger partial charge in [0.25, 0.3) is 0 Å². The molecule has 1 N–H and O–H groups in total. The second-order valence-electron chi connectivity index (χ2n) is 3.86. The summed E-state index contributed by atoms with van der Waals surface area (Å²) in [7, 11) is 1.68. The molecule has 0 aliphatic rings. The molecule has 0 fully saturated rings. The maximum Gasteiger partial charge on any atom is 0.389 e. The maximum absolute atomic E-state index is 12.2. The van der Waals surface area contributed by atoms with Crippen LogP contribution in [0.15, 0.2) is 4.47 Å². The van der Waals surface area contributed by atoms with E-state index < -0.39 is 12.6 Å². The maximum atomic E-state index is 12.2. The highest BCUT2D eigenvalue weighted by molar-refractivity contribution is 9.10. The number of hydrogen-bond acceptors (Lipinski definition) is 3. The van der Waals surface area contributed by atoms with Crippen molar-refractivity contribution < 1.29 is 13.2 Å². The van der Waals surface area contributed by atoms with Gasteiger partial charge in [-0.1, -0.05) is 13.3 Å². The number of aryl methyl sites for hydroxylation is 2. The highest BCUT2D eigenvalue weighted by Gasteiger charge is 2.27. The molecular formula is C11H15BrF3N3. The molecule has 0 aliphatic carbocycles. The predicted molar refractivity (Wildman–Crippen MR) is 67.6 cm³/mol. The van der Waals surface area contributed by atoms with Gasteiger partial charge in [0.1, 0.15) is 11.6 Å². The molecule has 18 heavy (non-hydrogen) atoms. The van der Waals surface area contributed by atoms with Crippen LogP contribution in [0.5, 0.6) is 0 Å². The predicted octanol–water partition coefficient (Wildman–Crippen LogP) is 3.73. The van der Waals surface area contributed by atoms with Crippen LogP contribution in [0.25, 0.3) is 0 Å². The Kier molecular flexibility index (Phi) is 5.37. The van der Waals surface area contributed by atoms with E-state index in [2.05, 4.69) is 31.2 Å². The van der Waals surface area contributed by atoms with E-state index in [4.69, 9.17) is 0 Å². The lowest BCUT2D eigenvalue weighted by Crippen LogP contribution is -2.12. The van der Waals surface area contributed by atoms with E-state index in [1.807, 2.05) is 6.92 Å². The third-order valence-electron chi connectivity index (χ3n) is 2.32. The van der Waals surface area contributed by atoms with Crippen LogP contribution in [0.3, 0.4) is 0 Å². The van der Waals surface area contributed by atoms with Crippen LogP contribution in [0.1, 0.15) is 31.3 Å². The molecule has 0 saturated heterocycles. The number of nitrogens with one attached hydrogen (secondary N) is 1. The van der Waals surface area contributed by atoms with Crippen LogP contribution in [0, 0.1) is 0 Å². The molecular weight excluding hydrogens is 311 g/mol. The first kappa shape index (κ1) is 15.2. The first-order chi connectivity index (χ1) is 8.37. The summed E-state index contributed by atoms with van der Waals surface area (Å²) in [5.41, 5.74) is 0.744. The van der Waals surface area contributed by atoms with Gasteiger partial charge in [0, 0.05) is 13.5 Å². The molecule has 1 heterocycles. The summed E-state index contributed by atoms with van der Waals surface area (Å²) in [4.78, 5) is 8.24. The fourth-order valence-corrected chi connectivity index (χ4v) is 2.05. The van der Waals surface area contributed by atoms with Crippen LogP contribution in [0.2, 0.25) is 0 Å². The van der Waals surface area contributed by atoms with Gasteiger partial charge in [-0.25, -0.2) is 9.97 Å². The molecule has 0 radical (unpaired) electrons. The molecule has 7 heteroatoms. The average molecular weight is 326 g/mol. The largest absolute Gasteiger partial charge is 0.389 e. The van der Waals surface area contributed by atoms with Crippen LogP contribution < -0.4 is 5.32 Å². The Hall–Kier alpha value is -0.850. The molecule has 0 atom stereocenters. The monoisotopic (exact) mass is 325 g/mol. The summed E-state index contributed by atoms with van der Waals surface area (Å²) in [6.45, 7) is 1.99. The third-order valence-corrected chi connectivity index (χ3v) is 3.16. The van der Waals surface area contributed by atoms with Crippen LogP contribution in [-0.2, 0) is 12.8 Å². The van der Waals surface area contributed by atoms with E-state index in [9.17, 15) is 13.2 Å². The van der Waals surface area contributed by atoms with Crippen molar-refractivity contribution in [3.05, 3.63) is 16.0 Å². The van der Waals surface area contributed by atoms with Gasteiger partial charge in [0.2, 0.25) is 0 Å². The molecule has 0 aromatic carbocycles. The number of nitrogens with zero attached hydrogens (tertiary/aromatic N) is 2. The van der Waals surface area contributed by atoms with Crippen molar-refractivity contribution in [2.24, 2.45) is 0 Å². The molecule has 1 aromatic heterocycles. The van der Waals surface area contributed by atoms with E-state index >= 15 is 0 Å². The lowest BCUT2D eigenvalue weighted by Gasteiger charge is -2.11. The Morgan fingerprint density at radius 1 is 1.22 bits per heavy atom. The molecule has 0 aliphatic heterocycles. The quantitative estimate of drug-likeness (QED) is 0.896. The van der Waals surface area contributed by atoms with Gasteiger partial charge in [-0.3, -0.25) is 0 Å². The van der Waals surface area contributed by atoms with Gasteiger partial charge in [0.05, 0.1) is 16.6 Å². The molecule has 0 bridgehead atoms. The average Bonchev–Trinajstić information content (AvgIpc) is 2.29. The van der Waals surface area contributed by atoms with Crippen LogP contribution in [0.4, 0.5) is 19.0 Å². The van der Waals surface area contributed by atoms with Crippen molar-refractivity contribution >= 4 is 21.7 Å². The minimum absolute atomic E-state index is 0.192. The fraction of sp³-hybridized carbons (Fsp3) is 0.636. The first-order valence-electron chi connectivity index (χ1n) is 5.67. The number of rotatable bonds is 5. The summed E-state index contributed by atoms with van der Waals surface area (Å²) < 4.78 is 37.2. The van der Waals surface area contributed by atoms with Gasteiger partial charge in [-0.05, 0) is 22.4 Å². The van der Waals surface area contributed by atoms with E-state index in [0.29, 0.717) is 12.2 Å². The molecule has 0 unspecified atom stereocenters. The van der Waals surface area contributed by atoms with Gasteiger partial charge in [0.15, 0.2) is 0 Å². The van der Waals surface area contributed by atoms with Crippen molar-refractivity contribution in [1.29, 1.82) is 0 Å². The summed E-state index contributed by atoms with van der Waals surface area (Å²) in [6.07, 6.45) is -3.69. The topological polar surface area (TPSA) is 37.8 Å². The fourth-order valence-electron chi connectivity index (χ4n) is 1.48. The smallest absolute Gasteiger partial charge is 0.372 e. The van der Waals surface area contributed by atoms with Crippen LogP contribution >= 0.6 is 15.9 Å². The zero-order chi connectivity index (χ0) is 13.8. The Bertz CT molecular complexity index is 407. The van der Waals surface area contributed by atoms with Gasteiger partial charge in [-0.15, -0.1) is 0 Å². The second kappa shape index (κ2) is 6.36. The second-order valence-corrected chi connectivity index (χ2v) is 4.66. The van der Waals surface area contributed by atoms with E-state index in [1.165, 1.54) is 0 Å². The van der Waals surface area contributed by atoms with Gasteiger partial charge in [-0.2, -0.15) is 13.2 Å². The summed E-state index contributed by atoms with van der Waals surface area (Å²) in [5.74, 6) is 0.758. The Morgan fingerprint density at radius 3 is 2.39 bits per heavy atom. The summed E-state index contributed by atoms with van der Waals surface area (Å²) in [6, 6.07) is 0. The number of halogens is 4. The summed E-state index contributed by atoms with van der Waals surface area (Å²) in [5, 5.41) is 2.85. The number of hydrogen-bond donors (Lipinski definition) is 1. The zero-order valence-electron chi connectivity index (χ0n) is 10.2. The van der Waals surface area contributed by atoms with Crippen molar-refractivity contribution in [3.8, 4) is 0 Å². The van der Waals surface area contributed by atoms with E-state index in [1.54, 1.807) is 7.05 Å². The van der Waals surface area contributed by atoms with Crippen molar-refractivity contribution in [3.63, 3.8) is 0 Å². The molecule has 0 amide bonds. The van der Waals surface area contributed by atoms with Crippen molar-refractivity contribution in [2.45, 2.75) is 38.8 Å². The van der Waals surface area contributed by atoms with Gasteiger partial charge >= 0.3 is 6.18 Å². The third kappa shape index (κ3) is 4.44. The van der Waals surface area contributed by atoms with Crippen LogP contribution in [-0.4, -0.2) is 23.2 Å². The van der Waals surface area contributed by atoms with Crippen molar-refractivity contribution in [1.82, 2.24) is 9.97 Å². The standard InChI is InChI=1S/C11H15BrF3N3/c1-3-4-7-9(12)10(16-2)18-8(17-7)5-6-11(13,14)15/h3-6H2,1-2H3,(H,16,17,18). The molecule has 102 valence electrons. The van der Waals surface area contributed by atoms with Gasteiger partial charge < -0.3 is 5.32 Å². The molecule has 3 nitrogen and oxygen atoms in total. The minimum Gasteiger partial charge on any atom is -0.372 e. The number of anilines is 1. The lowest BCUT2D eigenvalue weighted by atomic mass is 10.2. The zero-order valence-corrected chi connectivity index (χ0v) is 11.8. The molecule has 0 spiro atoms. The van der Waals surface area contributed by atoms with E-state index in [-0.39, 0.29) is 12.2 Å². The SMILES string of the molecule is CCCc1nc(CCC(F)(F)F)nc(NC)c1Br. The minimum atomic E-state index is -4.18. The molecule has 0 saturated carbocycles. The molecule has 1 rings (SSSR count).